The Bertz CT molecular complexity index is 1340. The van der Waals surface area contributed by atoms with Crippen molar-refractivity contribution in [3.05, 3.63) is 84.2 Å². The smallest absolute Gasteiger partial charge is 0.261 e. The Hall–Kier alpha value is -3.47. The number of carbonyl (C=O) groups excluding carboxylic acids is 1. The minimum Gasteiger partial charge on any atom is -0.488 e. The number of aromatic nitrogens is 1. The van der Waals surface area contributed by atoms with Gasteiger partial charge >= 0.3 is 0 Å². The van der Waals surface area contributed by atoms with Crippen LogP contribution >= 0.6 is 0 Å². The SMILES string of the molecule is C[C@@H]1CN([C@@H](C)CO)C(=O)c2cc(NS(=O)(=O)c3ccccc3)ccc2O[C@@H]1CN(C)Cc1ccncc1. The maximum Gasteiger partial charge on any atom is 0.261 e. The van der Waals surface area contributed by atoms with Crippen LogP contribution in [0.2, 0.25) is 0 Å². The molecule has 0 spiro atoms. The molecule has 1 aliphatic heterocycles. The zero-order valence-electron chi connectivity index (χ0n) is 21.8. The lowest BCUT2D eigenvalue weighted by Crippen LogP contribution is -2.49. The summed E-state index contributed by atoms with van der Waals surface area (Å²) >= 11 is 0. The Labute approximate surface area is 224 Å². The quantitative estimate of drug-likeness (QED) is 0.430. The summed E-state index contributed by atoms with van der Waals surface area (Å²) in [6, 6.07) is 16.3. The minimum atomic E-state index is -3.84. The summed E-state index contributed by atoms with van der Waals surface area (Å²) in [4.78, 5) is 21.6. The average Bonchev–Trinajstić information content (AvgIpc) is 2.91. The average molecular weight is 539 g/mol. The van der Waals surface area contributed by atoms with Crippen LogP contribution in [0.25, 0.3) is 0 Å². The first kappa shape index (κ1) is 27.6. The number of aliphatic hydroxyl groups is 1. The number of rotatable bonds is 9. The van der Waals surface area contributed by atoms with Crippen molar-refractivity contribution in [2.75, 3.05) is 31.5 Å². The van der Waals surface area contributed by atoms with E-state index in [1.165, 1.54) is 18.2 Å². The third-order valence-corrected chi connectivity index (χ3v) is 8.06. The molecule has 3 aromatic rings. The van der Waals surface area contributed by atoms with Crippen LogP contribution in [-0.4, -0.2) is 73.1 Å². The zero-order valence-corrected chi connectivity index (χ0v) is 22.6. The van der Waals surface area contributed by atoms with Gasteiger partial charge in [0, 0.05) is 43.6 Å². The molecule has 0 fully saturated rings. The molecule has 10 heteroatoms. The first-order valence-electron chi connectivity index (χ1n) is 12.6. The Morgan fingerprint density at radius 1 is 1.16 bits per heavy atom. The number of carbonyl (C=O) groups is 1. The molecule has 1 aromatic heterocycles. The van der Waals surface area contributed by atoms with E-state index in [0.717, 1.165) is 5.56 Å². The van der Waals surface area contributed by atoms with Gasteiger partial charge in [-0.3, -0.25) is 19.4 Å². The largest absolute Gasteiger partial charge is 0.488 e. The fourth-order valence-corrected chi connectivity index (χ4v) is 5.56. The van der Waals surface area contributed by atoms with Gasteiger partial charge in [0.25, 0.3) is 15.9 Å². The molecule has 4 rings (SSSR count). The molecule has 2 N–H and O–H groups in total. The summed E-state index contributed by atoms with van der Waals surface area (Å²) in [5.41, 5.74) is 1.62. The number of benzene rings is 2. The van der Waals surface area contributed by atoms with Crippen LogP contribution in [0, 0.1) is 5.92 Å². The number of hydrogen-bond acceptors (Lipinski definition) is 7. The first-order valence-corrected chi connectivity index (χ1v) is 14.0. The molecule has 0 bridgehead atoms. The molecule has 1 aliphatic rings. The van der Waals surface area contributed by atoms with Gasteiger partial charge in [-0.05, 0) is 62.0 Å². The van der Waals surface area contributed by atoms with E-state index in [4.69, 9.17) is 4.74 Å². The predicted molar refractivity (Wildman–Crippen MR) is 145 cm³/mol. The molecule has 2 aromatic carbocycles. The molecule has 0 aliphatic carbocycles. The van der Waals surface area contributed by atoms with Crippen LogP contribution in [0.1, 0.15) is 29.8 Å². The lowest BCUT2D eigenvalue weighted by molar-refractivity contribution is 0.0341. The van der Waals surface area contributed by atoms with Gasteiger partial charge in [-0.1, -0.05) is 25.1 Å². The fraction of sp³-hybridized carbons (Fsp3) is 0.357. The number of nitrogens with one attached hydrogen (secondary N) is 1. The van der Waals surface area contributed by atoms with Crippen molar-refractivity contribution in [1.29, 1.82) is 0 Å². The van der Waals surface area contributed by atoms with Crippen LogP contribution in [0.3, 0.4) is 0 Å². The number of aliphatic hydroxyl groups excluding tert-OH is 1. The highest BCUT2D eigenvalue weighted by atomic mass is 32.2. The van der Waals surface area contributed by atoms with Gasteiger partial charge in [-0.2, -0.15) is 0 Å². The number of amides is 1. The van der Waals surface area contributed by atoms with Crippen LogP contribution in [0.4, 0.5) is 5.69 Å². The van der Waals surface area contributed by atoms with Crippen molar-refractivity contribution in [1.82, 2.24) is 14.8 Å². The molecule has 0 radical (unpaired) electrons. The molecule has 1 amide bonds. The van der Waals surface area contributed by atoms with E-state index in [1.807, 2.05) is 26.1 Å². The van der Waals surface area contributed by atoms with Gasteiger partial charge in [0.15, 0.2) is 0 Å². The van der Waals surface area contributed by atoms with Crippen molar-refractivity contribution in [3.63, 3.8) is 0 Å². The Balaban J connectivity index is 1.63. The summed E-state index contributed by atoms with van der Waals surface area (Å²) in [6.07, 6.45) is 3.27. The molecule has 0 saturated heterocycles. The van der Waals surface area contributed by atoms with E-state index in [1.54, 1.807) is 54.5 Å². The Morgan fingerprint density at radius 2 is 1.87 bits per heavy atom. The van der Waals surface area contributed by atoms with Crippen molar-refractivity contribution >= 4 is 21.6 Å². The first-order chi connectivity index (χ1) is 18.2. The summed E-state index contributed by atoms with van der Waals surface area (Å²) in [6.45, 7) is 5.32. The molecular formula is C28H34N4O5S. The van der Waals surface area contributed by atoms with Gasteiger partial charge in [0.05, 0.1) is 23.1 Å². The van der Waals surface area contributed by atoms with E-state index >= 15 is 0 Å². The third-order valence-electron chi connectivity index (χ3n) is 6.66. The second-order valence-corrected chi connectivity index (χ2v) is 11.5. The summed E-state index contributed by atoms with van der Waals surface area (Å²) in [5.74, 6) is 0.0247. The standard InChI is InChI=1S/C28H34N4O5S/c1-20-16-32(21(2)19-33)28(34)25-15-23(30-38(35,36)24-7-5-4-6-8-24)9-10-26(25)37-27(20)18-31(3)17-22-11-13-29-14-12-22/h4-15,20-21,27,30,33H,16-19H2,1-3H3/t20-,21+,27-/m1/s1. The fourth-order valence-electron chi connectivity index (χ4n) is 4.49. The number of ether oxygens (including phenoxy) is 1. The molecule has 202 valence electrons. The van der Waals surface area contributed by atoms with Crippen molar-refractivity contribution in [2.45, 2.75) is 37.4 Å². The van der Waals surface area contributed by atoms with E-state index < -0.39 is 16.1 Å². The van der Waals surface area contributed by atoms with E-state index in [2.05, 4.69) is 14.6 Å². The lowest BCUT2D eigenvalue weighted by Gasteiger charge is -2.38. The van der Waals surface area contributed by atoms with Crippen molar-refractivity contribution in [2.24, 2.45) is 5.92 Å². The summed E-state index contributed by atoms with van der Waals surface area (Å²) in [7, 11) is -1.83. The number of nitrogens with zero attached hydrogens (tertiary/aromatic N) is 3. The van der Waals surface area contributed by atoms with Gasteiger partial charge in [-0.25, -0.2) is 8.42 Å². The van der Waals surface area contributed by atoms with E-state index in [0.29, 0.717) is 25.4 Å². The van der Waals surface area contributed by atoms with Crippen LogP contribution < -0.4 is 9.46 Å². The summed E-state index contributed by atoms with van der Waals surface area (Å²) in [5, 5.41) is 9.88. The zero-order chi connectivity index (χ0) is 27.3. The minimum absolute atomic E-state index is 0.0303. The maximum atomic E-state index is 13.6. The molecule has 9 nitrogen and oxygen atoms in total. The topological polar surface area (TPSA) is 112 Å². The number of anilines is 1. The third kappa shape index (κ3) is 6.50. The highest BCUT2D eigenvalue weighted by Gasteiger charge is 2.33. The van der Waals surface area contributed by atoms with Crippen LogP contribution in [0.5, 0.6) is 5.75 Å². The monoisotopic (exact) mass is 538 g/mol. The molecule has 0 unspecified atom stereocenters. The van der Waals surface area contributed by atoms with Gasteiger partial charge in [0.2, 0.25) is 0 Å². The molecule has 38 heavy (non-hydrogen) atoms. The number of sulfonamides is 1. The van der Waals surface area contributed by atoms with Gasteiger partial charge < -0.3 is 14.7 Å². The number of fused-ring (bicyclic) bond motifs is 1. The van der Waals surface area contributed by atoms with Gasteiger partial charge in [0.1, 0.15) is 11.9 Å². The molecule has 2 heterocycles. The number of hydrogen-bond donors (Lipinski definition) is 2. The number of likely N-dealkylation sites (N-methyl/N-ethyl adjacent to an activating group) is 1. The summed E-state index contributed by atoms with van der Waals surface area (Å²) < 4.78 is 34.7. The normalized spacial score (nSPS) is 18.8. The van der Waals surface area contributed by atoms with Crippen LogP contribution in [0.15, 0.2) is 78.0 Å². The lowest BCUT2D eigenvalue weighted by atomic mass is 9.99. The molecular weight excluding hydrogens is 504 g/mol. The Kier molecular flexibility index (Phi) is 8.65. The predicted octanol–water partition coefficient (Wildman–Crippen LogP) is 3.23. The highest BCUT2D eigenvalue weighted by Crippen LogP contribution is 2.31. The van der Waals surface area contributed by atoms with E-state index in [-0.39, 0.29) is 40.7 Å². The van der Waals surface area contributed by atoms with Crippen molar-refractivity contribution in [3.8, 4) is 5.75 Å². The second kappa shape index (κ2) is 11.9. The molecule has 3 atom stereocenters. The molecule has 0 saturated carbocycles. The second-order valence-electron chi connectivity index (χ2n) is 9.80. The maximum absolute atomic E-state index is 13.6. The van der Waals surface area contributed by atoms with E-state index in [9.17, 15) is 18.3 Å². The Morgan fingerprint density at radius 3 is 2.55 bits per heavy atom. The highest BCUT2D eigenvalue weighted by molar-refractivity contribution is 7.92. The number of pyridine rings is 1. The van der Waals surface area contributed by atoms with Crippen LogP contribution in [-0.2, 0) is 16.6 Å². The van der Waals surface area contributed by atoms with Gasteiger partial charge in [-0.15, -0.1) is 0 Å². The van der Waals surface area contributed by atoms with Crippen molar-refractivity contribution < 1.29 is 23.1 Å².